The van der Waals surface area contributed by atoms with Crippen molar-refractivity contribution >= 4 is 21.1 Å². The van der Waals surface area contributed by atoms with Gasteiger partial charge in [-0.15, -0.1) is 0 Å². The van der Waals surface area contributed by atoms with Crippen LogP contribution in [0.5, 0.6) is 11.5 Å². The number of hydrogen-bond donors (Lipinski definition) is 1. The Morgan fingerprint density at radius 3 is 3.06 bits per heavy atom. The number of amides is 1. The number of hydrogen-bond acceptors (Lipinski definition) is 4. The molecule has 1 aliphatic rings. The number of ether oxygens (including phenoxy) is 1. The van der Waals surface area contributed by atoms with Gasteiger partial charge in [0.25, 0.3) is 5.91 Å². The Balaban J connectivity index is 2.34. The third kappa shape index (κ3) is 2.35. The minimum atomic E-state index is -0.105. The third-order valence-electron chi connectivity index (χ3n) is 2.56. The molecule has 0 fully saturated rings. The van der Waals surface area contributed by atoms with Crippen LogP contribution >= 0.6 is 9.47 Å². The van der Waals surface area contributed by atoms with Gasteiger partial charge in [0.15, 0.2) is 18.1 Å². The van der Waals surface area contributed by atoms with Crippen LogP contribution in [0.25, 0.3) is 0 Å². The first-order chi connectivity index (χ1) is 8.27. The van der Waals surface area contributed by atoms with E-state index in [0.717, 1.165) is 0 Å². The molecular weight excluding hydrogens is 241 g/mol. The van der Waals surface area contributed by atoms with Crippen molar-refractivity contribution in [3.63, 3.8) is 0 Å². The molecule has 0 aliphatic carbocycles. The summed E-state index contributed by atoms with van der Waals surface area (Å²) >= 11 is 0. The second-order valence-electron chi connectivity index (χ2n) is 3.63. The molecule has 0 aromatic heterocycles. The van der Waals surface area contributed by atoms with Crippen LogP contribution in [-0.4, -0.2) is 30.8 Å². The quantitative estimate of drug-likeness (QED) is 0.814. The predicted octanol–water partition coefficient (Wildman–Crippen LogP) is 0.963. The average molecular weight is 255 g/mol. The fourth-order valence-corrected chi connectivity index (χ4v) is 1.96. The molecule has 1 amide bonds. The SMILES string of the molecule is O=C1COc2c(OP)cccc2N1CCCO. The average Bonchev–Trinajstić information content (AvgIpc) is 2.36. The van der Waals surface area contributed by atoms with Crippen molar-refractivity contribution in [2.45, 2.75) is 6.42 Å². The first kappa shape index (κ1) is 12.1. The van der Waals surface area contributed by atoms with Gasteiger partial charge in [0, 0.05) is 13.2 Å². The van der Waals surface area contributed by atoms with Crippen molar-refractivity contribution in [2.24, 2.45) is 0 Å². The molecule has 0 spiro atoms. The van der Waals surface area contributed by atoms with Gasteiger partial charge in [0.1, 0.15) is 0 Å². The van der Waals surface area contributed by atoms with Crippen LogP contribution in [0.1, 0.15) is 6.42 Å². The lowest BCUT2D eigenvalue weighted by molar-refractivity contribution is -0.121. The largest absolute Gasteiger partial charge is 0.478 e. The Morgan fingerprint density at radius 1 is 1.53 bits per heavy atom. The topological polar surface area (TPSA) is 59.0 Å². The van der Waals surface area contributed by atoms with Crippen molar-refractivity contribution in [1.29, 1.82) is 0 Å². The maximum Gasteiger partial charge on any atom is 0.265 e. The molecule has 92 valence electrons. The molecule has 1 heterocycles. The monoisotopic (exact) mass is 255 g/mol. The molecule has 1 atom stereocenters. The van der Waals surface area contributed by atoms with Crippen LogP contribution < -0.4 is 14.2 Å². The number of nitrogens with zero attached hydrogens (tertiary/aromatic N) is 1. The van der Waals surface area contributed by atoms with Crippen molar-refractivity contribution in [3.05, 3.63) is 18.2 Å². The zero-order valence-corrected chi connectivity index (χ0v) is 10.4. The highest BCUT2D eigenvalue weighted by Gasteiger charge is 2.27. The third-order valence-corrected chi connectivity index (χ3v) is 2.81. The van der Waals surface area contributed by atoms with Crippen molar-refractivity contribution < 1.29 is 19.2 Å². The van der Waals surface area contributed by atoms with Crippen LogP contribution in [0, 0.1) is 0 Å². The first-order valence-electron chi connectivity index (χ1n) is 5.31. The molecule has 1 aromatic carbocycles. The highest BCUT2D eigenvalue weighted by Crippen LogP contribution is 2.40. The molecule has 5 nitrogen and oxygen atoms in total. The molecule has 0 bridgehead atoms. The second-order valence-corrected chi connectivity index (χ2v) is 3.87. The van der Waals surface area contributed by atoms with Gasteiger partial charge in [0.2, 0.25) is 0 Å². The summed E-state index contributed by atoms with van der Waals surface area (Å²) in [4.78, 5) is 13.3. The van der Waals surface area contributed by atoms with Crippen LogP contribution in [0.15, 0.2) is 18.2 Å². The summed E-state index contributed by atoms with van der Waals surface area (Å²) in [6, 6.07) is 5.37. The fourth-order valence-electron chi connectivity index (χ4n) is 1.77. The summed E-state index contributed by atoms with van der Waals surface area (Å²) in [7, 11) is 2.16. The van der Waals surface area contributed by atoms with Gasteiger partial charge in [-0.25, -0.2) is 0 Å². The van der Waals surface area contributed by atoms with E-state index in [0.29, 0.717) is 30.2 Å². The molecule has 0 saturated carbocycles. The van der Waals surface area contributed by atoms with Gasteiger partial charge in [-0.1, -0.05) is 6.07 Å². The highest BCUT2D eigenvalue weighted by molar-refractivity contribution is 7.10. The summed E-state index contributed by atoms with van der Waals surface area (Å²) in [5.41, 5.74) is 0.689. The molecule has 0 saturated heterocycles. The van der Waals surface area contributed by atoms with Crippen molar-refractivity contribution in [3.8, 4) is 11.5 Å². The maximum atomic E-state index is 11.7. The zero-order valence-electron chi connectivity index (χ0n) is 9.26. The summed E-state index contributed by atoms with van der Waals surface area (Å²) in [5.74, 6) is 1.04. The Labute approximate surface area is 102 Å². The van der Waals surface area contributed by atoms with E-state index < -0.39 is 0 Å². The molecule has 2 rings (SSSR count). The smallest absolute Gasteiger partial charge is 0.265 e. The van der Waals surface area contributed by atoms with E-state index in [1.54, 1.807) is 23.1 Å². The van der Waals surface area contributed by atoms with E-state index in [-0.39, 0.29) is 19.1 Å². The zero-order chi connectivity index (χ0) is 12.3. The lowest BCUT2D eigenvalue weighted by Gasteiger charge is -2.29. The summed E-state index contributed by atoms with van der Waals surface area (Å²) in [6.07, 6.45) is 0.539. The first-order valence-corrected chi connectivity index (χ1v) is 5.79. The summed E-state index contributed by atoms with van der Waals surface area (Å²) < 4.78 is 10.5. The predicted molar refractivity (Wildman–Crippen MR) is 66.3 cm³/mol. The number of carbonyl (C=O) groups is 1. The summed E-state index contributed by atoms with van der Waals surface area (Å²) in [6.45, 7) is 0.537. The van der Waals surface area contributed by atoms with Gasteiger partial charge >= 0.3 is 0 Å². The number of anilines is 1. The van der Waals surface area contributed by atoms with Crippen molar-refractivity contribution in [1.82, 2.24) is 0 Å². The van der Waals surface area contributed by atoms with Gasteiger partial charge < -0.3 is 19.3 Å². The number of benzene rings is 1. The Bertz CT molecular complexity index is 424. The Hall–Kier alpha value is -1.32. The lowest BCUT2D eigenvalue weighted by Crippen LogP contribution is -2.39. The van der Waals surface area contributed by atoms with Gasteiger partial charge in [-0.2, -0.15) is 0 Å². The van der Waals surface area contributed by atoms with Crippen LogP contribution in [0.2, 0.25) is 0 Å². The minimum Gasteiger partial charge on any atom is -0.478 e. The van der Waals surface area contributed by atoms with Gasteiger partial charge in [-0.05, 0) is 18.6 Å². The molecule has 17 heavy (non-hydrogen) atoms. The van der Waals surface area contributed by atoms with Crippen LogP contribution in [0.4, 0.5) is 5.69 Å². The highest BCUT2D eigenvalue weighted by atomic mass is 31.0. The van der Waals surface area contributed by atoms with E-state index in [9.17, 15) is 4.79 Å². The molecule has 1 N–H and O–H groups in total. The Morgan fingerprint density at radius 2 is 2.35 bits per heavy atom. The number of rotatable bonds is 4. The molecule has 0 radical (unpaired) electrons. The number of para-hydroxylation sites is 1. The van der Waals surface area contributed by atoms with Crippen LogP contribution in [0.3, 0.4) is 0 Å². The van der Waals surface area contributed by atoms with Crippen molar-refractivity contribution in [2.75, 3.05) is 24.7 Å². The van der Waals surface area contributed by atoms with Crippen LogP contribution in [-0.2, 0) is 4.79 Å². The van der Waals surface area contributed by atoms with Gasteiger partial charge in [0.05, 0.1) is 15.2 Å². The van der Waals surface area contributed by atoms with E-state index in [2.05, 4.69) is 9.47 Å². The minimum absolute atomic E-state index is 0.00344. The Kier molecular flexibility index (Phi) is 3.82. The summed E-state index contributed by atoms with van der Waals surface area (Å²) in [5, 5.41) is 8.83. The van der Waals surface area contributed by atoms with E-state index in [4.69, 9.17) is 14.4 Å². The fraction of sp³-hybridized carbons (Fsp3) is 0.364. The molecular formula is C11H14NO4P. The van der Waals surface area contributed by atoms with E-state index >= 15 is 0 Å². The lowest BCUT2D eigenvalue weighted by atomic mass is 10.2. The maximum absolute atomic E-state index is 11.7. The standard InChI is InChI=1S/C11H14NO4P/c13-6-2-5-12-8-3-1-4-9(16-17)11(8)15-7-10(12)14/h1,3-4,13H,2,5-7,17H2. The van der Waals surface area contributed by atoms with E-state index in [1.165, 1.54) is 0 Å². The van der Waals surface area contributed by atoms with Gasteiger partial charge in [-0.3, -0.25) is 4.79 Å². The number of aliphatic hydroxyl groups is 1. The molecule has 6 heteroatoms. The molecule has 1 aliphatic heterocycles. The molecule has 1 unspecified atom stereocenters. The number of fused-ring (bicyclic) bond motifs is 1. The number of aliphatic hydroxyl groups excluding tert-OH is 1. The number of carbonyl (C=O) groups excluding carboxylic acids is 1. The normalized spacial score (nSPS) is 14.2. The van der Waals surface area contributed by atoms with E-state index in [1.807, 2.05) is 0 Å². The molecule has 1 aromatic rings. The second kappa shape index (κ2) is 5.34.